The monoisotopic (exact) mass is 466 g/mol. The maximum Gasteiger partial charge on any atom is 0.191 e. The van der Waals surface area contributed by atoms with Crippen LogP contribution in [0.5, 0.6) is 0 Å². The molecule has 0 radical (unpaired) electrons. The highest BCUT2D eigenvalue weighted by atomic mass is 127. The summed E-state index contributed by atoms with van der Waals surface area (Å²) in [7, 11) is 0. The highest BCUT2D eigenvalue weighted by Gasteiger charge is 2.22. The number of rotatable bonds is 10. The Morgan fingerprint density at radius 2 is 1.84 bits per heavy atom. The Labute approximate surface area is 169 Å². The first-order chi connectivity index (χ1) is 11.5. The van der Waals surface area contributed by atoms with Gasteiger partial charge in [0.25, 0.3) is 0 Å². The third-order valence-corrected chi connectivity index (χ3v) is 4.62. The highest BCUT2D eigenvalue weighted by Crippen LogP contribution is 2.22. The van der Waals surface area contributed by atoms with Gasteiger partial charge >= 0.3 is 0 Å². The molecule has 7 heteroatoms. The summed E-state index contributed by atoms with van der Waals surface area (Å²) in [6.07, 6.45) is 3.53. The summed E-state index contributed by atoms with van der Waals surface area (Å²) < 4.78 is 5.40. The van der Waals surface area contributed by atoms with Gasteiger partial charge in [-0.3, -0.25) is 0 Å². The van der Waals surface area contributed by atoms with Crippen LogP contribution in [0.1, 0.15) is 77.7 Å². The molecule has 0 atom stereocenters. The van der Waals surface area contributed by atoms with Gasteiger partial charge in [0.05, 0.1) is 11.3 Å². The van der Waals surface area contributed by atoms with Crippen LogP contribution in [0.4, 0.5) is 0 Å². The smallest absolute Gasteiger partial charge is 0.191 e. The fourth-order valence-corrected chi connectivity index (χ4v) is 2.55. The van der Waals surface area contributed by atoms with Crippen molar-refractivity contribution >= 4 is 29.9 Å². The number of halogens is 1. The largest absolute Gasteiger partial charge is 0.388 e. The van der Waals surface area contributed by atoms with Crippen molar-refractivity contribution < 1.29 is 9.63 Å². The van der Waals surface area contributed by atoms with Crippen molar-refractivity contribution in [3.05, 3.63) is 17.5 Å². The fraction of sp³-hybridized carbons (Fsp3) is 0.778. The van der Waals surface area contributed by atoms with Crippen LogP contribution in [0, 0.1) is 0 Å². The summed E-state index contributed by atoms with van der Waals surface area (Å²) in [6.45, 7) is 12.0. The van der Waals surface area contributed by atoms with Crippen LogP contribution in [0.2, 0.25) is 0 Å². The van der Waals surface area contributed by atoms with E-state index in [0.717, 1.165) is 30.8 Å². The lowest BCUT2D eigenvalue weighted by Gasteiger charge is -2.26. The lowest BCUT2D eigenvalue weighted by atomic mass is 9.98. The normalized spacial score (nSPS) is 12.2. The van der Waals surface area contributed by atoms with Gasteiger partial charge in [-0.2, -0.15) is 0 Å². The molecule has 25 heavy (non-hydrogen) atoms. The van der Waals surface area contributed by atoms with E-state index in [1.54, 1.807) is 0 Å². The molecule has 1 heterocycles. The van der Waals surface area contributed by atoms with Crippen LogP contribution >= 0.6 is 24.0 Å². The Balaban J connectivity index is 0.00000576. The van der Waals surface area contributed by atoms with Gasteiger partial charge in [0.15, 0.2) is 11.7 Å². The average Bonchev–Trinajstić information content (AvgIpc) is 3.07. The zero-order chi connectivity index (χ0) is 18.0. The maximum absolute atomic E-state index is 10.4. The molecule has 0 aliphatic heterocycles. The molecule has 1 aromatic heterocycles. The van der Waals surface area contributed by atoms with Crippen LogP contribution < -0.4 is 10.6 Å². The van der Waals surface area contributed by atoms with E-state index in [9.17, 15) is 5.11 Å². The quantitative estimate of drug-likeness (QED) is 0.278. The number of aliphatic hydroxyl groups is 1. The minimum Gasteiger partial charge on any atom is -0.388 e. The van der Waals surface area contributed by atoms with E-state index in [4.69, 9.17) is 4.52 Å². The molecule has 0 aliphatic rings. The summed E-state index contributed by atoms with van der Waals surface area (Å²) in [5, 5.41) is 20.9. The van der Waals surface area contributed by atoms with Crippen molar-refractivity contribution in [3.8, 4) is 0 Å². The van der Waals surface area contributed by atoms with E-state index in [1.807, 2.05) is 26.8 Å². The summed E-state index contributed by atoms with van der Waals surface area (Å²) >= 11 is 0. The summed E-state index contributed by atoms with van der Waals surface area (Å²) in [5.74, 6) is 1.88. The molecule has 1 aromatic rings. The zero-order valence-corrected chi connectivity index (χ0v) is 18.6. The Hall–Kier alpha value is -0.830. The lowest BCUT2D eigenvalue weighted by molar-refractivity contribution is 0.0367. The van der Waals surface area contributed by atoms with Crippen LogP contribution in [0.15, 0.2) is 15.6 Å². The SMILES string of the molecule is CCNC(=NCc1cc(C(CC)CC)no1)NCC(O)(CC)CC.I. The molecule has 3 N–H and O–H groups in total. The first-order valence-corrected chi connectivity index (χ1v) is 9.21. The minimum absolute atomic E-state index is 0. The standard InChI is InChI=1S/C18H34N4O2.HI/c1-6-14(7-2)16-11-15(24-22-16)12-20-17(19-10-5)21-13-18(23,8-3)9-4;/h11,14,23H,6-10,12-13H2,1-5H3,(H2,19,20,21);1H. The predicted molar refractivity (Wildman–Crippen MR) is 114 cm³/mol. The molecular formula is C18H35IN4O2. The van der Waals surface area contributed by atoms with Crippen molar-refractivity contribution in [3.63, 3.8) is 0 Å². The molecule has 6 nitrogen and oxygen atoms in total. The second-order valence-electron chi connectivity index (χ2n) is 6.21. The van der Waals surface area contributed by atoms with Crippen molar-refractivity contribution in [1.29, 1.82) is 0 Å². The number of guanidine groups is 1. The highest BCUT2D eigenvalue weighted by molar-refractivity contribution is 14.0. The van der Waals surface area contributed by atoms with Gasteiger partial charge in [-0.1, -0.05) is 32.9 Å². The van der Waals surface area contributed by atoms with Gasteiger partial charge in [0.1, 0.15) is 6.54 Å². The van der Waals surface area contributed by atoms with E-state index in [1.165, 1.54) is 0 Å². The van der Waals surface area contributed by atoms with Gasteiger partial charge in [-0.05, 0) is 32.6 Å². The molecule has 0 bridgehead atoms. The summed E-state index contributed by atoms with van der Waals surface area (Å²) in [6, 6.07) is 2.00. The van der Waals surface area contributed by atoms with Gasteiger partial charge in [0.2, 0.25) is 0 Å². The number of aliphatic imine (C=N–C) groups is 1. The second kappa shape index (κ2) is 12.5. The third-order valence-electron chi connectivity index (χ3n) is 4.62. The molecule has 0 fully saturated rings. The summed E-state index contributed by atoms with van der Waals surface area (Å²) in [5.41, 5.74) is 0.305. The van der Waals surface area contributed by atoms with E-state index in [0.29, 0.717) is 37.8 Å². The van der Waals surface area contributed by atoms with E-state index in [-0.39, 0.29) is 24.0 Å². The molecule has 146 valence electrons. The van der Waals surface area contributed by atoms with Gasteiger partial charge in [-0.25, -0.2) is 4.99 Å². The molecule has 0 saturated heterocycles. The van der Waals surface area contributed by atoms with E-state index >= 15 is 0 Å². The Morgan fingerprint density at radius 1 is 1.20 bits per heavy atom. The maximum atomic E-state index is 10.4. The van der Waals surface area contributed by atoms with Crippen LogP contribution in [0.3, 0.4) is 0 Å². The Bertz CT molecular complexity index is 497. The van der Waals surface area contributed by atoms with Gasteiger partial charge in [-0.15, -0.1) is 24.0 Å². The number of nitrogens with one attached hydrogen (secondary N) is 2. The fourth-order valence-electron chi connectivity index (χ4n) is 2.55. The second-order valence-corrected chi connectivity index (χ2v) is 6.21. The number of nitrogens with zero attached hydrogens (tertiary/aromatic N) is 2. The van der Waals surface area contributed by atoms with Crippen molar-refractivity contribution in [2.24, 2.45) is 4.99 Å². The Kier molecular flexibility index (Phi) is 12.1. The van der Waals surface area contributed by atoms with E-state index < -0.39 is 5.60 Å². The van der Waals surface area contributed by atoms with E-state index in [2.05, 4.69) is 34.6 Å². The Morgan fingerprint density at radius 3 is 2.36 bits per heavy atom. The third kappa shape index (κ3) is 7.94. The van der Waals surface area contributed by atoms with Crippen LogP contribution in [-0.4, -0.2) is 34.9 Å². The predicted octanol–water partition coefficient (Wildman–Crippen LogP) is 3.80. The minimum atomic E-state index is -0.703. The molecule has 1 rings (SSSR count). The molecule has 0 spiro atoms. The molecule has 0 saturated carbocycles. The molecule has 0 aliphatic carbocycles. The first kappa shape index (κ1) is 24.2. The summed E-state index contributed by atoms with van der Waals surface area (Å²) in [4.78, 5) is 4.53. The molecule has 0 amide bonds. The topological polar surface area (TPSA) is 82.7 Å². The lowest BCUT2D eigenvalue weighted by Crippen LogP contribution is -2.46. The van der Waals surface area contributed by atoms with Crippen molar-refractivity contribution in [1.82, 2.24) is 15.8 Å². The molecule has 0 aromatic carbocycles. The van der Waals surface area contributed by atoms with Crippen molar-refractivity contribution in [2.45, 2.75) is 78.4 Å². The first-order valence-electron chi connectivity index (χ1n) is 9.21. The van der Waals surface area contributed by atoms with Crippen LogP contribution in [-0.2, 0) is 6.54 Å². The molecule has 0 unspecified atom stereocenters. The molecular weight excluding hydrogens is 431 g/mol. The number of hydrogen-bond acceptors (Lipinski definition) is 4. The number of aromatic nitrogens is 1. The van der Waals surface area contributed by atoms with Crippen molar-refractivity contribution in [2.75, 3.05) is 13.1 Å². The number of hydrogen-bond donors (Lipinski definition) is 3. The average molecular weight is 466 g/mol. The van der Waals surface area contributed by atoms with Gasteiger partial charge < -0.3 is 20.3 Å². The van der Waals surface area contributed by atoms with Gasteiger partial charge in [0, 0.05) is 25.1 Å². The van der Waals surface area contributed by atoms with Crippen LogP contribution in [0.25, 0.3) is 0 Å². The zero-order valence-electron chi connectivity index (χ0n) is 16.3.